The average Bonchev–Trinajstić information content (AvgIpc) is 2.40. The summed E-state index contributed by atoms with van der Waals surface area (Å²) in [5, 5.41) is 6.52. The van der Waals surface area contributed by atoms with Crippen LogP contribution in [-0.2, 0) is 10.2 Å². The molecule has 3 heteroatoms. The second-order valence-electron chi connectivity index (χ2n) is 6.80. The molecule has 1 aliphatic heterocycles. The standard InChI is InChI=1S/C17H26N2O/c1-12(19-15-9-10-16(20)18-11-15)13-5-7-14(8-6-13)17(2,3)4/h5-8,12,15,19H,9-11H2,1-4H3,(H,18,20). The fourth-order valence-corrected chi connectivity index (χ4v) is 2.60. The Bertz CT molecular complexity index is 449. The van der Waals surface area contributed by atoms with E-state index >= 15 is 0 Å². The largest absolute Gasteiger partial charge is 0.355 e. The van der Waals surface area contributed by atoms with Crippen LogP contribution in [0.25, 0.3) is 0 Å². The van der Waals surface area contributed by atoms with Gasteiger partial charge in [0.1, 0.15) is 0 Å². The first-order chi connectivity index (χ1) is 9.36. The Morgan fingerprint density at radius 1 is 1.25 bits per heavy atom. The minimum absolute atomic E-state index is 0.172. The van der Waals surface area contributed by atoms with Gasteiger partial charge in [0.15, 0.2) is 0 Å². The van der Waals surface area contributed by atoms with Gasteiger partial charge < -0.3 is 10.6 Å². The monoisotopic (exact) mass is 274 g/mol. The third kappa shape index (κ3) is 3.83. The summed E-state index contributed by atoms with van der Waals surface area (Å²) in [6.07, 6.45) is 1.56. The lowest BCUT2D eigenvalue weighted by atomic mass is 9.86. The number of nitrogens with one attached hydrogen (secondary N) is 2. The van der Waals surface area contributed by atoms with Crippen molar-refractivity contribution in [3.8, 4) is 0 Å². The summed E-state index contributed by atoms with van der Waals surface area (Å²) in [5.41, 5.74) is 2.86. The second kappa shape index (κ2) is 5.96. The van der Waals surface area contributed by atoms with Crippen LogP contribution in [0.1, 0.15) is 57.7 Å². The van der Waals surface area contributed by atoms with Crippen molar-refractivity contribution in [2.45, 2.75) is 58.0 Å². The summed E-state index contributed by atoms with van der Waals surface area (Å²) >= 11 is 0. The zero-order valence-electron chi connectivity index (χ0n) is 13.0. The van der Waals surface area contributed by atoms with E-state index in [-0.39, 0.29) is 11.3 Å². The van der Waals surface area contributed by atoms with Crippen molar-refractivity contribution in [3.63, 3.8) is 0 Å². The highest BCUT2D eigenvalue weighted by molar-refractivity contribution is 5.76. The van der Waals surface area contributed by atoms with Gasteiger partial charge in [0.2, 0.25) is 5.91 Å². The van der Waals surface area contributed by atoms with Crippen LogP contribution in [0.5, 0.6) is 0 Å². The average molecular weight is 274 g/mol. The molecule has 110 valence electrons. The second-order valence-corrected chi connectivity index (χ2v) is 6.80. The number of piperidine rings is 1. The van der Waals surface area contributed by atoms with Gasteiger partial charge in [-0.15, -0.1) is 0 Å². The van der Waals surface area contributed by atoms with E-state index in [0.29, 0.717) is 18.5 Å². The minimum Gasteiger partial charge on any atom is -0.355 e. The van der Waals surface area contributed by atoms with E-state index in [2.05, 4.69) is 62.6 Å². The Balaban J connectivity index is 1.95. The van der Waals surface area contributed by atoms with Gasteiger partial charge in [-0.1, -0.05) is 45.0 Å². The Morgan fingerprint density at radius 3 is 2.40 bits per heavy atom. The van der Waals surface area contributed by atoms with E-state index in [4.69, 9.17) is 0 Å². The van der Waals surface area contributed by atoms with E-state index in [0.717, 1.165) is 13.0 Å². The molecule has 3 nitrogen and oxygen atoms in total. The number of carbonyl (C=O) groups is 1. The van der Waals surface area contributed by atoms with Gasteiger partial charge in [-0.2, -0.15) is 0 Å². The predicted octanol–water partition coefficient (Wildman–Crippen LogP) is 2.91. The van der Waals surface area contributed by atoms with E-state index < -0.39 is 0 Å². The Morgan fingerprint density at radius 2 is 1.90 bits per heavy atom. The van der Waals surface area contributed by atoms with Crippen LogP contribution in [0.15, 0.2) is 24.3 Å². The van der Waals surface area contributed by atoms with Crippen LogP contribution >= 0.6 is 0 Å². The molecule has 1 amide bonds. The molecule has 1 aromatic carbocycles. The fraction of sp³-hybridized carbons (Fsp3) is 0.588. The third-order valence-electron chi connectivity index (χ3n) is 4.03. The molecule has 1 saturated heterocycles. The molecule has 1 heterocycles. The quantitative estimate of drug-likeness (QED) is 0.890. The molecule has 1 fully saturated rings. The Labute approximate surface area is 122 Å². The molecule has 0 aromatic heterocycles. The van der Waals surface area contributed by atoms with Gasteiger partial charge in [0.25, 0.3) is 0 Å². The first kappa shape index (κ1) is 15.0. The van der Waals surface area contributed by atoms with Crippen LogP contribution in [-0.4, -0.2) is 18.5 Å². The highest BCUT2D eigenvalue weighted by atomic mass is 16.1. The molecule has 0 spiro atoms. The number of carbonyl (C=O) groups excluding carboxylic acids is 1. The lowest BCUT2D eigenvalue weighted by molar-refractivity contribution is -0.122. The van der Waals surface area contributed by atoms with E-state index in [1.165, 1.54) is 11.1 Å². The number of hydrogen-bond acceptors (Lipinski definition) is 2. The maximum atomic E-state index is 11.2. The van der Waals surface area contributed by atoms with Gasteiger partial charge in [-0.05, 0) is 29.9 Å². The molecule has 20 heavy (non-hydrogen) atoms. The van der Waals surface area contributed by atoms with Crippen molar-refractivity contribution in [2.24, 2.45) is 0 Å². The zero-order valence-corrected chi connectivity index (χ0v) is 13.0. The maximum absolute atomic E-state index is 11.2. The lowest BCUT2D eigenvalue weighted by Gasteiger charge is -2.27. The zero-order chi connectivity index (χ0) is 14.8. The van der Waals surface area contributed by atoms with Crippen molar-refractivity contribution < 1.29 is 4.79 Å². The van der Waals surface area contributed by atoms with Crippen LogP contribution in [0.2, 0.25) is 0 Å². The SMILES string of the molecule is CC(NC1CCC(=O)NC1)c1ccc(C(C)(C)C)cc1. The fourth-order valence-electron chi connectivity index (χ4n) is 2.60. The molecular formula is C17H26N2O. The number of rotatable bonds is 3. The van der Waals surface area contributed by atoms with Crippen molar-refractivity contribution in [1.82, 2.24) is 10.6 Å². The third-order valence-corrected chi connectivity index (χ3v) is 4.03. The van der Waals surface area contributed by atoms with Crippen molar-refractivity contribution in [1.29, 1.82) is 0 Å². The summed E-state index contributed by atoms with van der Waals surface area (Å²) in [5.74, 6) is 0.172. The molecule has 1 aromatic rings. The van der Waals surface area contributed by atoms with Crippen molar-refractivity contribution in [2.75, 3.05) is 6.54 Å². The Hall–Kier alpha value is -1.35. The van der Waals surface area contributed by atoms with Crippen LogP contribution in [0.4, 0.5) is 0 Å². The summed E-state index contributed by atoms with van der Waals surface area (Å²) in [6, 6.07) is 9.54. The molecule has 0 saturated carbocycles. The van der Waals surface area contributed by atoms with Crippen molar-refractivity contribution >= 4 is 5.91 Å². The molecule has 2 atom stereocenters. The number of hydrogen-bond donors (Lipinski definition) is 2. The highest BCUT2D eigenvalue weighted by Crippen LogP contribution is 2.24. The molecule has 2 unspecified atom stereocenters. The minimum atomic E-state index is 0.172. The van der Waals surface area contributed by atoms with E-state index in [9.17, 15) is 4.79 Å². The summed E-state index contributed by atoms with van der Waals surface area (Å²) in [4.78, 5) is 11.2. The van der Waals surface area contributed by atoms with Crippen LogP contribution < -0.4 is 10.6 Å². The van der Waals surface area contributed by atoms with Crippen molar-refractivity contribution in [3.05, 3.63) is 35.4 Å². The first-order valence-electron chi connectivity index (χ1n) is 7.49. The van der Waals surface area contributed by atoms with E-state index in [1.54, 1.807) is 0 Å². The maximum Gasteiger partial charge on any atom is 0.220 e. The Kier molecular flexibility index (Phi) is 4.48. The van der Waals surface area contributed by atoms with Crippen LogP contribution in [0.3, 0.4) is 0 Å². The molecule has 0 radical (unpaired) electrons. The van der Waals surface area contributed by atoms with Gasteiger partial charge in [0.05, 0.1) is 0 Å². The van der Waals surface area contributed by atoms with E-state index in [1.807, 2.05) is 0 Å². The van der Waals surface area contributed by atoms with Gasteiger partial charge in [-0.3, -0.25) is 4.79 Å². The van der Waals surface area contributed by atoms with Gasteiger partial charge >= 0.3 is 0 Å². The number of amides is 1. The summed E-state index contributed by atoms with van der Waals surface area (Å²) in [7, 11) is 0. The lowest BCUT2D eigenvalue weighted by Crippen LogP contribution is -2.46. The van der Waals surface area contributed by atoms with Gasteiger partial charge in [0, 0.05) is 25.0 Å². The van der Waals surface area contributed by atoms with Gasteiger partial charge in [-0.25, -0.2) is 0 Å². The topological polar surface area (TPSA) is 41.1 Å². The summed E-state index contributed by atoms with van der Waals surface area (Å²) in [6.45, 7) is 9.61. The molecule has 2 rings (SSSR count). The molecule has 0 aliphatic carbocycles. The van der Waals surface area contributed by atoms with Crippen LogP contribution in [0, 0.1) is 0 Å². The predicted molar refractivity (Wildman–Crippen MR) is 82.7 cm³/mol. The number of benzene rings is 1. The molecule has 1 aliphatic rings. The normalized spacial score (nSPS) is 21.4. The molecule has 0 bridgehead atoms. The first-order valence-corrected chi connectivity index (χ1v) is 7.49. The smallest absolute Gasteiger partial charge is 0.220 e. The molecule has 2 N–H and O–H groups in total. The summed E-state index contributed by atoms with van der Waals surface area (Å²) < 4.78 is 0. The highest BCUT2D eigenvalue weighted by Gasteiger charge is 2.20. The molecular weight excluding hydrogens is 248 g/mol.